The summed E-state index contributed by atoms with van der Waals surface area (Å²) in [5.41, 5.74) is -0.309. The van der Waals surface area contributed by atoms with Gasteiger partial charge in [-0.2, -0.15) is 13.2 Å². The number of benzene rings is 1. The molecule has 0 amide bonds. The van der Waals surface area contributed by atoms with Crippen LogP contribution in [0.5, 0.6) is 0 Å². The minimum Gasteiger partial charge on any atom is -0.393 e. The van der Waals surface area contributed by atoms with Crippen molar-refractivity contribution < 1.29 is 18.3 Å². The number of hydrogen-bond acceptors (Lipinski definition) is 2. The Morgan fingerprint density at radius 1 is 1.39 bits per heavy atom. The summed E-state index contributed by atoms with van der Waals surface area (Å²) in [4.78, 5) is 0. The van der Waals surface area contributed by atoms with E-state index in [1.807, 2.05) is 0 Å². The average molecular weight is 282 g/mol. The van der Waals surface area contributed by atoms with E-state index in [0.29, 0.717) is 25.1 Å². The first-order chi connectivity index (χ1) is 8.30. The Hall–Kier alpha value is -0.780. The molecule has 1 atom stereocenters. The largest absolute Gasteiger partial charge is 0.417 e. The van der Waals surface area contributed by atoms with Crippen LogP contribution in [0.2, 0.25) is 5.02 Å². The van der Waals surface area contributed by atoms with Crippen molar-refractivity contribution in [2.75, 3.05) is 6.54 Å². The van der Waals surface area contributed by atoms with E-state index in [2.05, 4.69) is 5.32 Å². The molecule has 6 heteroatoms. The molecular formula is C12H15ClF3NO. The zero-order valence-electron chi connectivity index (χ0n) is 9.89. The van der Waals surface area contributed by atoms with Crippen molar-refractivity contribution >= 4 is 11.6 Å². The van der Waals surface area contributed by atoms with Gasteiger partial charge in [0, 0.05) is 6.54 Å². The summed E-state index contributed by atoms with van der Waals surface area (Å²) >= 11 is 5.51. The van der Waals surface area contributed by atoms with E-state index in [4.69, 9.17) is 16.7 Å². The van der Waals surface area contributed by atoms with Crippen LogP contribution in [0.3, 0.4) is 0 Å². The molecule has 0 spiro atoms. The second-order valence-corrected chi connectivity index (χ2v) is 4.53. The topological polar surface area (TPSA) is 32.3 Å². The van der Waals surface area contributed by atoms with Crippen molar-refractivity contribution in [3.05, 3.63) is 34.3 Å². The maximum absolute atomic E-state index is 12.6. The molecule has 0 saturated carbocycles. The van der Waals surface area contributed by atoms with Crippen LogP contribution < -0.4 is 5.32 Å². The molecular weight excluding hydrogens is 267 g/mol. The van der Waals surface area contributed by atoms with E-state index in [0.717, 1.165) is 6.07 Å². The Kier molecular flexibility index (Phi) is 5.44. The van der Waals surface area contributed by atoms with Crippen molar-refractivity contribution in [1.29, 1.82) is 0 Å². The molecule has 1 rings (SSSR count). The van der Waals surface area contributed by atoms with Gasteiger partial charge < -0.3 is 10.4 Å². The third-order valence-corrected chi connectivity index (χ3v) is 2.73. The van der Waals surface area contributed by atoms with Crippen LogP contribution in [-0.4, -0.2) is 17.8 Å². The highest BCUT2D eigenvalue weighted by molar-refractivity contribution is 6.31. The first-order valence-corrected chi connectivity index (χ1v) is 5.93. The van der Waals surface area contributed by atoms with E-state index in [9.17, 15) is 13.2 Å². The van der Waals surface area contributed by atoms with Crippen LogP contribution in [0.4, 0.5) is 13.2 Å². The molecule has 2 N–H and O–H groups in total. The molecule has 0 saturated heterocycles. The van der Waals surface area contributed by atoms with Gasteiger partial charge in [0.05, 0.1) is 16.7 Å². The summed E-state index contributed by atoms with van der Waals surface area (Å²) in [5, 5.41) is 11.7. The van der Waals surface area contributed by atoms with Gasteiger partial charge in [0.15, 0.2) is 0 Å². The molecule has 102 valence electrons. The Morgan fingerprint density at radius 3 is 2.61 bits per heavy atom. The molecule has 1 aromatic carbocycles. The fraction of sp³-hybridized carbons (Fsp3) is 0.500. The molecule has 1 aromatic rings. The molecule has 2 nitrogen and oxygen atoms in total. The highest BCUT2D eigenvalue weighted by atomic mass is 35.5. The van der Waals surface area contributed by atoms with Gasteiger partial charge in [-0.15, -0.1) is 0 Å². The van der Waals surface area contributed by atoms with Crippen LogP contribution in [0.15, 0.2) is 18.2 Å². The Labute approximate surface area is 109 Å². The summed E-state index contributed by atoms with van der Waals surface area (Å²) in [6.07, 6.45) is -4.31. The monoisotopic (exact) mass is 281 g/mol. The molecule has 0 aliphatic rings. The number of hydrogen-bond donors (Lipinski definition) is 2. The highest BCUT2D eigenvalue weighted by Crippen LogP contribution is 2.35. The lowest BCUT2D eigenvalue weighted by Crippen LogP contribution is -2.19. The molecule has 0 bridgehead atoms. The van der Waals surface area contributed by atoms with Gasteiger partial charge in [-0.1, -0.05) is 17.7 Å². The first-order valence-electron chi connectivity index (χ1n) is 5.55. The fourth-order valence-corrected chi connectivity index (χ4v) is 1.67. The predicted molar refractivity (Wildman–Crippen MR) is 64.5 cm³/mol. The zero-order valence-corrected chi connectivity index (χ0v) is 10.6. The number of nitrogens with one attached hydrogen (secondary N) is 1. The summed E-state index contributed by atoms with van der Waals surface area (Å²) in [7, 11) is 0. The summed E-state index contributed by atoms with van der Waals surface area (Å²) < 4.78 is 37.8. The van der Waals surface area contributed by atoms with E-state index >= 15 is 0 Å². The first kappa shape index (κ1) is 15.3. The molecule has 0 radical (unpaired) electrons. The van der Waals surface area contributed by atoms with Crippen LogP contribution in [0.25, 0.3) is 0 Å². The molecule has 0 aromatic heterocycles. The molecule has 0 aliphatic heterocycles. The summed E-state index contributed by atoms with van der Waals surface area (Å²) in [6.45, 7) is 2.51. The third-order valence-electron chi connectivity index (χ3n) is 2.40. The maximum Gasteiger partial charge on any atom is 0.417 e. The lowest BCUT2D eigenvalue weighted by molar-refractivity contribution is -0.137. The van der Waals surface area contributed by atoms with Crippen molar-refractivity contribution in [1.82, 2.24) is 5.32 Å². The van der Waals surface area contributed by atoms with Crippen molar-refractivity contribution in [3.63, 3.8) is 0 Å². The number of rotatable bonds is 5. The van der Waals surface area contributed by atoms with Crippen molar-refractivity contribution in [2.45, 2.75) is 32.2 Å². The highest BCUT2D eigenvalue weighted by Gasteiger charge is 2.33. The number of halogens is 4. The Bertz CT molecular complexity index is 393. The maximum atomic E-state index is 12.6. The van der Waals surface area contributed by atoms with Crippen LogP contribution in [-0.2, 0) is 12.7 Å². The predicted octanol–water partition coefficient (Wildman–Crippen LogP) is 3.22. The lowest BCUT2D eigenvalue weighted by Gasteiger charge is -2.11. The minimum atomic E-state index is -4.44. The zero-order chi connectivity index (χ0) is 13.8. The Balaban J connectivity index is 2.63. The minimum absolute atomic E-state index is 0.296. The van der Waals surface area contributed by atoms with Gasteiger partial charge in [-0.3, -0.25) is 0 Å². The molecule has 0 aliphatic carbocycles. The van der Waals surface area contributed by atoms with Gasteiger partial charge in [-0.05, 0) is 37.6 Å². The van der Waals surface area contributed by atoms with Gasteiger partial charge in [0.2, 0.25) is 0 Å². The normalized spacial score (nSPS) is 13.7. The van der Waals surface area contributed by atoms with E-state index in [1.165, 1.54) is 6.07 Å². The summed E-state index contributed by atoms with van der Waals surface area (Å²) in [5.74, 6) is 0. The molecule has 18 heavy (non-hydrogen) atoms. The van der Waals surface area contributed by atoms with Crippen LogP contribution in [0.1, 0.15) is 24.5 Å². The lowest BCUT2D eigenvalue weighted by atomic mass is 10.1. The van der Waals surface area contributed by atoms with Gasteiger partial charge in [0.25, 0.3) is 0 Å². The van der Waals surface area contributed by atoms with Crippen molar-refractivity contribution in [2.24, 2.45) is 0 Å². The van der Waals surface area contributed by atoms with E-state index in [1.54, 1.807) is 13.0 Å². The van der Waals surface area contributed by atoms with Crippen LogP contribution >= 0.6 is 11.6 Å². The summed E-state index contributed by atoms with van der Waals surface area (Å²) in [6, 6.07) is 3.83. The number of alkyl halides is 3. The number of aliphatic hydroxyl groups is 1. The molecule has 0 fully saturated rings. The van der Waals surface area contributed by atoms with Crippen LogP contribution in [0, 0.1) is 0 Å². The quantitative estimate of drug-likeness (QED) is 0.812. The van der Waals surface area contributed by atoms with Gasteiger partial charge >= 0.3 is 6.18 Å². The van der Waals surface area contributed by atoms with Crippen molar-refractivity contribution in [3.8, 4) is 0 Å². The molecule has 1 unspecified atom stereocenters. The average Bonchev–Trinajstić information content (AvgIpc) is 2.24. The van der Waals surface area contributed by atoms with E-state index < -0.39 is 17.8 Å². The van der Waals surface area contributed by atoms with E-state index in [-0.39, 0.29) is 5.02 Å². The SMILES string of the molecule is CC(O)CCNCc1ccc(Cl)c(C(F)(F)F)c1. The standard InChI is InChI=1S/C12H15ClF3NO/c1-8(18)4-5-17-7-9-2-3-11(13)10(6-9)12(14,15)16/h2-3,6,8,17-18H,4-5,7H2,1H3. The smallest absolute Gasteiger partial charge is 0.393 e. The number of aliphatic hydroxyl groups excluding tert-OH is 1. The fourth-order valence-electron chi connectivity index (χ4n) is 1.44. The second kappa shape index (κ2) is 6.41. The van der Waals surface area contributed by atoms with Gasteiger partial charge in [0.1, 0.15) is 0 Å². The third kappa shape index (κ3) is 4.84. The second-order valence-electron chi connectivity index (χ2n) is 4.13. The Morgan fingerprint density at radius 2 is 2.06 bits per heavy atom. The van der Waals surface area contributed by atoms with Gasteiger partial charge in [-0.25, -0.2) is 0 Å². The molecule has 0 heterocycles.